The molecule has 2 nitrogen and oxygen atoms in total. The first kappa shape index (κ1) is 11.0. The van der Waals surface area contributed by atoms with Crippen molar-refractivity contribution >= 4 is 5.78 Å². The van der Waals surface area contributed by atoms with E-state index < -0.39 is 0 Å². The van der Waals surface area contributed by atoms with Crippen LogP contribution in [0.1, 0.15) is 35.2 Å². The highest BCUT2D eigenvalue weighted by atomic mass is 16.1. The molecule has 4 atom stereocenters. The highest BCUT2D eigenvalue weighted by Gasteiger charge is 2.48. The summed E-state index contributed by atoms with van der Waals surface area (Å²) in [6.45, 7) is 2.04. The lowest BCUT2D eigenvalue weighted by molar-refractivity contribution is 0.0856. The largest absolute Gasteiger partial charge is 0.327 e. The third-order valence-corrected chi connectivity index (χ3v) is 4.62. The molecule has 2 fully saturated rings. The van der Waals surface area contributed by atoms with Crippen LogP contribution in [0.4, 0.5) is 0 Å². The highest BCUT2D eigenvalue weighted by molar-refractivity contribution is 5.98. The number of hydrogen-bond acceptors (Lipinski definition) is 2. The topological polar surface area (TPSA) is 43.1 Å². The average Bonchev–Trinajstić information content (AvgIpc) is 2.89. The van der Waals surface area contributed by atoms with Gasteiger partial charge < -0.3 is 5.73 Å². The van der Waals surface area contributed by atoms with Gasteiger partial charge in [-0.15, -0.1) is 0 Å². The van der Waals surface area contributed by atoms with Crippen LogP contribution in [0.25, 0.3) is 0 Å². The van der Waals surface area contributed by atoms with E-state index in [1.807, 2.05) is 31.2 Å². The van der Waals surface area contributed by atoms with Gasteiger partial charge in [0.15, 0.2) is 5.78 Å². The molecule has 0 aliphatic heterocycles. The average molecular weight is 229 g/mol. The van der Waals surface area contributed by atoms with Crippen LogP contribution in [-0.4, -0.2) is 11.8 Å². The summed E-state index contributed by atoms with van der Waals surface area (Å²) >= 11 is 0. The summed E-state index contributed by atoms with van der Waals surface area (Å²) in [4.78, 5) is 12.5. The molecule has 4 unspecified atom stereocenters. The molecule has 2 aliphatic carbocycles. The van der Waals surface area contributed by atoms with Crippen LogP contribution in [0.15, 0.2) is 24.3 Å². The summed E-state index contributed by atoms with van der Waals surface area (Å²) in [5.74, 6) is 1.49. The van der Waals surface area contributed by atoms with Gasteiger partial charge in [-0.3, -0.25) is 4.79 Å². The van der Waals surface area contributed by atoms with Gasteiger partial charge in [0.1, 0.15) is 0 Å². The van der Waals surface area contributed by atoms with Crippen molar-refractivity contribution in [2.24, 2.45) is 23.5 Å². The Bertz CT molecular complexity index is 435. The molecular weight excluding hydrogens is 210 g/mol. The molecular formula is C15H19NO. The maximum absolute atomic E-state index is 12.5. The van der Waals surface area contributed by atoms with Crippen molar-refractivity contribution < 1.29 is 4.79 Å². The predicted octanol–water partition coefficient (Wildman–Crippen LogP) is 2.55. The van der Waals surface area contributed by atoms with Gasteiger partial charge in [0.25, 0.3) is 0 Å². The first-order valence-corrected chi connectivity index (χ1v) is 6.53. The number of hydrogen-bond donors (Lipinski definition) is 1. The summed E-state index contributed by atoms with van der Waals surface area (Å²) in [5, 5.41) is 0. The Morgan fingerprint density at radius 1 is 1.18 bits per heavy atom. The number of rotatable bonds is 2. The van der Waals surface area contributed by atoms with E-state index in [4.69, 9.17) is 5.73 Å². The fraction of sp³-hybridized carbons (Fsp3) is 0.533. The van der Waals surface area contributed by atoms with Crippen LogP contribution in [-0.2, 0) is 0 Å². The molecule has 3 rings (SSSR count). The molecule has 17 heavy (non-hydrogen) atoms. The van der Waals surface area contributed by atoms with Crippen molar-refractivity contribution in [3.8, 4) is 0 Å². The zero-order valence-corrected chi connectivity index (χ0v) is 10.2. The molecule has 2 bridgehead atoms. The molecule has 0 heterocycles. The van der Waals surface area contributed by atoms with E-state index in [-0.39, 0.29) is 17.7 Å². The number of aryl methyl sites for hydroxylation is 1. The lowest BCUT2D eigenvalue weighted by atomic mass is 9.80. The summed E-state index contributed by atoms with van der Waals surface area (Å²) in [7, 11) is 0. The molecule has 2 saturated carbocycles. The molecule has 1 aromatic rings. The lowest BCUT2D eigenvalue weighted by Crippen LogP contribution is -2.40. The minimum absolute atomic E-state index is 0.0801. The lowest BCUT2D eigenvalue weighted by Gasteiger charge is -2.26. The third kappa shape index (κ3) is 1.71. The Labute approximate surface area is 102 Å². The quantitative estimate of drug-likeness (QED) is 0.792. The zero-order valence-electron chi connectivity index (χ0n) is 10.2. The number of carbonyl (C=O) groups is 1. The van der Waals surface area contributed by atoms with Gasteiger partial charge in [0.05, 0.1) is 0 Å². The first-order chi connectivity index (χ1) is 8.16. The second kappa shape index (κ2) is 3.95. The summed E-state index contributed by atoms with van der Waals surface area (Å²) in [6, 6.07) is 7.99. The Hall–Kier alpha value is -1.15. The number of nitrogens with two attached hydrogens (primary N) is 1. The van der Waals surface area contributed by atoms with E-state index >= 15 is 0 Å². The van der Waals surface area contributed by atoms with E-state index in [0.717, 1.165) is 5.56 Å². The van der Waals surface area contributed by atoms with Crippen molar-refractivity contribution in [3.05, 3.63) is 35.4 Å². The van der Waals surface area contributed by atoms with Gasteiger partial charge in [-0.05, 0) is 38.0 Å². The molecule has 0 spiro atoms. The van der Waals surface area contributed by atoms with Gasteiger partial charge in [-0.25, -0.2) is 0 Å². The first-order valence-electron chi connectivity index (χ1n) is 6.53. The van der Waals surface area contributed by atoms with Gasteiger partial charge in [0.2, 0.25) is 0 Å². The molecule has 0 amide bonds. The van der Waals surface area contributed by atoms with E-state index in [2.05, 4.69) is 0 Å². The summed E-state index contributed by atoms with van der Waals surface area (Å²) in [5.41, 5.74) is 8.24. The van der Waals surface area contributed by atoms with Crippen molar-refractivity contribution in [1.29, 1.82) is 0 Å². The Balaban J connectivity index is 1.85. The molecule has 2 heteroatoms. The molecule has 2 N–H and O–H groups in total. The Morgan fingerprint density at radius 3 is 2.41 bits per heavy atom. The van der Waals surface area contributed by atoms with Crippen LogP contribution in [0.5, 0.6) is 0 Å². The minimum atomic E-state index is 0.0801. The second-order valence-corrected chi connectivity index (χ2v) is 5.67. The van der Waals surface area contributed by atoms with Crippen LogP contribution in [0, 0.1) is 24.7 Å². The van der Waals surface area contributed by atoms with E-state index in [1.54, 1.807) is 0 Å². The molecule has 0 aromatic heterocycles. The number of benzene rings is 1. The van der Waals surface area contributed by atoms with Crippen molar-refractivity contribution in [3.63, 3.8) is 0 Å². The van der Waals surface area contributed by atoms with E-state index in [1.165, 1.54) is 24.8 Å². The van der Waals surface area contributed by atoms with E-state index in [0.29, 0.717) is 11.8 Å². The number of ketones is 1. The fourth-order valence-electron chi connectivity index (χ4n) is 3.64. The number of fused-ring (bicyclic) bond motifs is 2. The zero-order chi connectivity index (χ0) is 12.0. The van der Waals surface area contributed by atoms with Crippen molar-refractivity contribution in [2.45, 2.75) is 32.2 Å². The fourth-order valence-corrected chi connectivity index (χ4v) is 3.64. The number of Topliss-reactive ketones (excluding diaryl/α,β-unsaturated/α-hetero) is 1. The maximum Gasteiger partial charge on any atom is 0.167 e. The van der Waals surface area contributed by atoms with Crippen LogP contribution in [0.2, 0.25) is 0 Å². The second-order valence-electron chi connectivity index (χ2n) is 5.67. The molecule has 0 radical (unpaired) electrons. The SMILES string of the molecule is Cc1ccc(C(=O)C2C3CCC(C3)C2N)cc1. The predicted molar refractivity (Wildman–Crippen MR) is 67.8 cm³/mol. The third-order valence-electron chi connectivity index (χ3n) is 4.62. The monoisotopic (exact) mass is 229 g/mol. The number of carbonyl (C=O) groups excluding carboxylic acids is 1. The molecule has 1 aromatic carbocycles. The van der Waals surface area contributed by atoms with Gasteiger partial charge in [0, 0.05) is 17.5 Å². The summed E-state index contributed by atoms with van der Waals surface area (Å²) in [6.07, 6.45) is 3.59. The standard InChI is InChI=1S/C15H19NO/c1-9-2-4-10(5-3-9)15(17)13-11-6-7-12(8-11)14(13)16/h2-5,11-14H,6-8,16H2,1H3. The summed E-state index contributed by atoms with van der Waals surface area (Å²) < 4.78 is 0. The van der Waals surface area contributed by atoms with Crippen LogP contribution < -0.4 is 5.73 Å². The maximum atomic E-state index is 12.5. The normalized spacial score (nSPS) is 35.2. The van der Waals surface area contributed by atoms with Crippen LogP contribution >= 0.6 is 0 Å². The molecule has 0 saturated heterocycles. The Kier molecular flexibility index (Phi) is 2.55. The highest BCUT2D eigenvalue weighted by Crippen LogP contribution is 2.48. The van der Waals surface area contributed by atoms with E-state index in [9.17, 15) is 4.79 Å². The van der Waals surface area contributed by atoms with Crippen molar-refractivity contribution in [2.75, 3.05) is 0 Å². The smallest absolute Gasteiger partial charge is 0.167 e. The minimum Gasteiger partial charge on any atom is -0.327 e. The van der Waals surface area contributed by atoms with Gasteiger partial charge in [-0.2, -0.15) is 0 Å². The van der Waals surface area contributed by atoms with Crippen LogP contribution in [0.3, 0.4) is 0 Å². The van der Waals surface area contributed by atoms with Crippen molar-refractivity contribution in [1.82, 2.24) is 0 Å². The van der Waals surface area contributed by atoms with Gasteiger partial charge >= 0.3 is 0 Å². The van der Waals surface area contributed by atoms with Gasteiger partial charge in [-0.1, -0.05) is 29.8 Å². The molecule has 90 valence electrons. The Morgan fingerprint density at radius 2 is 1.82 bits per heavy atom. The molecule has 2 aliphatic rings.